The molecule has 5 heteroatoms. The molecule has 16 heavy (non-hydrogen) atoms. The summed E-state index contributed by atoms with van der Waals surface area (Å²) in [6.07, 6.45) is -0.381. The SMILES string of the molecule is COCCNC[C@@H](C)NC(=O)OC(C)(C)C. The van der Waals surface area contributed by atoms with E-state index in [4.69, 9.17) is 9.47 Å². The van der Waals surface area contributed by atoms with Crippen LogP contribution in [0.3, 0.4) is 0 Å². The summed E-state index contributed by atoms with van der Waals surface area (Å²) in [5.74, 6) is 0. The van der Waals surface area contributed by atoms with E-state index in [0.717, 1.165) is 6.54 Å². The lowest BCUT2D eigenvalue weighted by molar-refractivity contribution is 0.0508. The predicted octanol–water partition coefficient (Wildman–Crippen LogP) is 1.14. The standard InChI is InChI=1S/C11H24N2O3/c1-9(8-12-6-7-15-5)13-10(14)16-11(2,3)4/h9,12H,6-8H2,1-5H3,(H,13,14)/t9-/m1/s1. The van der Waals surface area contributed by atoms with Crippen molar-refractivity contribution in [2.24, 2.45) is 0 Å². The van der Waals surface area contributed by atoms with Crippen molar-refractivity contribution in [3.05, 3.63) is 0 Å². The lowest BCUT2D eigenvalue weighted by Crippen LogP contribution is -2.43. The van der Waals surface area contributed by atoms with Crippen LogP contribution in [-0.4, -0.2) is 44.5 Å². The quantitative estimate of drug-likeness (QED) is 0.674. The molecule has 96 valence electrons. The fraction of sp³-hybridized carbons (Fsp3) is 0.909. The summed E-state index contributed by atoms with van der Waals surface area (Å²) in [6.45, 7) is 9.58. The third kappa shape index (κ3) is 9.73. The number of ether oxygens (including phenoxy) is 2. The van der Waals surface area contributed by atoms with Gasteiger partial charge < -0.3 is 20.1 Å². The zero-order valence-electron chi connectivity index (χ0n) is 10.9. The van der Waals surface area contributed by atoms with E-state index in [1.54, 1.807) is 7.11 Å². The van der Waals surface area contributed by atoms with Crippen LogP contribution in [0.5, 0.6) is 0 Å². The summed E-state index contributed by atoms with van der Waals surface area (Å²) in [7, 11) is 1.66. The van der Waals surface area contributed by atoms with Gasteiger partial charge in [0.1, 0.15) is 5.60 Å². The number of alkyl carbamates (subject to hydrolysis) is 1. The van der Waals surface area contributed by atoms with Crippen LogP contribution in [-0.2, 0) is 9.47 Å². The molecule has 0 aromatic rings. The molecule has 1 atom stereocenters. The zero-order valence-corrected chi connectivity index (χ0v) is 10.9. The molecule has 0 spiro atoms. The molecule has 0 rings (SSSR count). The highest BCUT2D eigenvalue weighted by Crippen LogP contribution is 2.06. The second-order valence-electron chi connectivity index (χ2n) is 4.74. The average molecular weight is 232 g/mol. The van der Waals surface area contributed by atoms with Crippen molar-refractivity contribution in [1.82, 2.24) is 10.6 Å². The maximum atomic E-state index is 11.4. The lowest BCUT2D eigenvalue weighted by Gasteiger charge is -2.22. The minimum Gasteiger partial charge on any atom is -0.444 e. The second-order valence-corrected chi connectivity index (χ2v) is 4.74. The van der Waals surface area contributed by atoms with Gasteiger partial charge in [-0.1, -0.05) is 0 Å². The van der Waals surface area contributed by atoms with E-state index in [9.17, 15) is 4.79 Å². The average Bonchev–Trinajstić information content (AvgIpc) is 2.09. The molecular formula is C11H24N2O3. The molecule has 0 saturated heterocycles. The van der Waals surface area contributed by atoms with Crippen molar-refractivity contribution in [2.45, 2.75) is 39.3 Å². The molecule has 0 fully saturated rings. The monoisotopic (exact) mass is 232 g/mol. The first-order valence-corrected chi connectivity index (χ1v) is 5.54. The first-order chi connectivity index (χ1) is 7.35. The summed E-state index contributed by atoms with van der Waals surface area (Å²) in [4.78, 5) is 11.4. The van der Waals surface area contributed by atoms with Gasteiger partial charge in [-0.25, -0.2) is 4.79 Å². The van der Waals surface area contributed by atoms with Crippen LogP contribution < -0.4 is 10.6 Å². The van der Waals surface area contributed by atoms with Gasteiger partial charge in [0.15, 0.2) is 0 Å². The van der Waals surface area contributed by atoms with E-state index in [0.29, 0.717) is 13.2 Å². The third-order valence-electron chi connectivity index (χ3n) is 1.70. The summed E-state index contributed by atoms with van der Waals surface area (Å²) < 4.78 is 10.0. The van der Waals surface area contributed by atoms with Crippen LogP contribution in [0, 0.1) is 0 Å². The number of nitrogens with one attached hydrogen (secondary N) is 2. The van der Waals surface area contributed by atoms with Crippen molar-refractivity contribution >= 4 is 6.09 Å². The van der Waals surface area contributed by atoms with Crippen LogP contribution in [0.2, 0.25) is 0 Å². The Bertz CT molecular complexity index is 202. The van der Waals surface area contributed by atoms with Crippen molar-refractivity contribution < 1.29 is 14.3 Å². The van der Waals surface area contributed by atoms with Gasteiger partial charge in [-0.15, -0.1) is 0 Å². The minimum absolute atomic E-state index is 0.0340. The van der Waals surface area contributed by atoms with Crippen LogP contribution in [0.1, 0.15) is 27.7 Å². The van der Waals surface area contributed by atoms with E-state index in [1.807, 2.05) is 27.7 Å². The van der Waals surface area contributed by atoms with Crippen LogP contribution >= 0.6 is 0 Å². The lowest BCUT2D eigenvalue weighted by atomic mass is 10.2. The highest BCUT2D eigenvalue weighted by atomic mass is 16.6. The van der Waals surface area contributed by atoms with Crippen molar-refractivity contribution in [1.29, 1.82) is 0 Å². The molecule has 0 aliphatic carbocycles. The number of hydrogen-bond donors (Lipinski definition) is 2. The molecule has 0 aliphatic rings. The van der Waals surface area contributed by atoms with Crippen LogP contribution in [0.25, 0.3) is 0 Å². The maximum absolute atomic E-state index is 11.4. The topological polar surface area (TPSA) is 59.6 Å². The Kier molecular flexibility index (Phi) is 7.08. The van der Waals surface area contributed by atoms with E-state index in [-0.39, 0.29) is 12.1 Å². The Morgan fingerprint density at radius 3 is 2.50 bits per heavy atom. The molecule has 0 unspecified atom stereocenters. The van der Waals surface area contributed by atoms with Gasteiger partial charge >= 0.3 is 6.09 Å². The highest BCUT2D eigenvalue weighted by Gasteiger charge is 2.17. The van der Waals surface area contributed by atoms with Gasteiger partial charge in [-0.3, -0.25) is 0 Å². The maximum Gasteiger partial charge on any atom is 0.407 e. The predicted molar refractivity (Wildman–Crippen MR) is 63.6 cm³/mol. The summed E-state index contributed by atoms with van der Waals surface area (Å²) >= 11 is 0. The smallest absolute Gasteiger partial charge is 0.407 e. The number of methoxy groups -OCH3 is 1. The van der Waals surface area contributed by atoms with Gasteiger partial charge in [0.25, 0.3) is 0 Å². The van der Waals surface area contributed by atoms with Crippen molar-refractivity contribution in [3.8, 4) is 0 Å². The molecular weight excluding hydrogens is 208 g/mol. The molecule has 5 nitrogen and oxygen atoms in total. The Morgan fingerprint density at radius 1 is 1.38 bits per heavy atom. The van der Waals surface area contributed by atoms with E-state index < -0.39 is 5.60 Å². The zero-order chi connectivity index (χ0) is 12.6. The number of hydrogen-bond acceptors (Lipinski definition) is 4. The van der Waals surface area contributed by atoms with Crippen LogP contribution in [0.15, 0.2) is 0 Å². The number of carbonyl (C=O) groups is 1. The van der Waals surface area contributed by atoms with E-state index >= 15 is 0 Å². The molecule has 0 radical (unpaired) electrons. The first kappa shape index (κ1) is 15.2. The summed E-state index contributed by atoms with van der Waals surface area (Å²) in [5.41, 5.74) is -0.451. The summed E-state index contributed by atoms with van der Waals surface area (Å²) in [6, 6.07) is 0.0340. The molecule has 2 N–H and O–H groups in total. The number of carbonyl (C=O) groups excluding carboxylic acids is 1. The minimum atomic E-state index is -0.451. The van der Waals surface area contributed by atoms with Gasteiger partial charge in [0, 0.05) is 26.2 Å². The van der Waals surface area contributed by atoms with Gasteiger partial charge in [-0.2, -0.15) is 0 Å². The fourth-order valence-corrected chi connectivity index (χ4v) is 1.05. The largest absolute Gasteiger partial charge is 0.444 e. The van der Waals surface area contributed by atoms with Gasteiger partial charge in [0.05, 0.1) is 6.61 Å². The molecule has 0 aromatic heterocycles. The van der Waals surface area contributed by atoms with Gasteiger partial charge in [-0.05, 0) is 27.7 Å². The highest BCUT2D eigenvalue weighted by molar-refractivity contribution is 5.68. The van der Waals surface area contributed by atoms with E-state index in [2.05, 4.69) is 10.6 Å². The Balaban J connectivity index is 3.62. The molecule has 0 aromatic carbocycles. The fourth-order valence-electron chi connectivity index (χ4n) is 1.05. The van der Waals surface area contributed by atoms with Gasteiger partial charge in [0.2, 0.25) is 0 Å². The third-order valence-corrected chi connectivity index (χ3v) is 1.70. The molecule has 1 amide bonds. The molecule has 0 heterocycles. The Labute approximate surface area is 97.9 Å². The molecule has 0 bridgehead atoms. The van der Waals surface area contributed by atoms with Crippen molar-refractivity contribution in [3.63, 3.8) is 0 Å². The Hall–Kier alpha value is -0.810. The van der Waals surface area contributed by atoms with E-state index in [1.165, 1.54) is 0 Å². The number of amides is 1. The summed E-state index contributed by atoms with van der Waals surface area (Å²) in [5, 5.41) is 5.91. The Morgan fingerprint density at radius 2 is 2.00 bits per heavy atom. The first-order valence-electron chi connectivity index (χ1n) is 5.54. The normalized spacial score (nSPS) is 13.3. The molecule has 0 saturated carbocycles. The van der Waals surface area contributed by atoms with Crippen molar-refractivity contribution in [2.75, 3.05) is 26.8 Å². The van der Waals surface area contributed by atoms with Crippen LogP contribution in [0.4, 0.5) is 4.79 Å². The molecule has 0 aliphatic heterocycles. The number of rotatable bonds is 6. The second kappa shape index (κ2) is 7.46.